The first-order chi connectivity index (χ1) is 13.1. The van der Waals surface area contributed by atoms with E-state index < -0.39 is 0 Å². The van der Waals surface area contributed by atoms with Gasteiger partial charge in [0.2, 0.25) is 0 Å². The molecule has 0 spiro atoms. The summed E-state index contributed by atoms with van der Waals surface area (Å²) in [5, 5.41) is 11.2. The molecule has 156 valence electrons. The number of ether oxygens (including phenoxy) is 1. The molecule has 1 heterocycles. The van der Waals surface area contributed by atoms with Gasteiger partial charge in [-0.3, -0.25) is 4.68 Å². The van der Waals surface area contributed by atoms with Crippen molar-refractivity contribution in [1.82, 2.24) is 20.4 Å². The molecular weight excluding hydrogens is 465 g/mol. The van der Waals surface area contributed by atoms with Gasteiger partial charge in [0, 0.05) is 25.3 Å². The monoisotopic (exact) mass is 499 g/mol. The predicted octanol–water partition coefficient (Wildman–Crippen LogP) is 4.05. The number of aromatic nitrogens is 2. The number of hydrogen-bond acceptors (Lipinski definition) is 3. The molecule has 0 bridgehead atoms. The van der Waals surface area contributed by atoms with Crippen molar-refractivity contribution in [3.8, 4) is 5.75 Å². The normalized spacial score (nSPS) is 11.1. The van der Waals surface area contributed by atoms with Gasteiger partial charge < -0.3 is 15.4 Å². The van der Waals surface area contributed by atoms with Gasteiger partial charge in [0.15, 0.2) is 5.96 Å². The Kier molecular flexibility index (Phi) is 11.6. The Hall–Kier alpha value is -1.77. The Morgan fingerprint density at radius 1 is 1.18 bits per heavy atom. The van der Waals surface area contributed by atoms with Gasteiger partial charge in [-0.15, -0.1) is 24.0 Å². The van der Waals surface area contributed by atoms with E-state index >= 15 is 0 Å². The Labute approximate surface area is 186 Å². The Balaban J connectivity index is 0.00000392. The molecule has 28 heavy (non-hydrogen) atoms. The average molecular weight is 499 g/mol. The topological polar surface area (TPSA) is 63.5 Å². The molecule has 0 atom stereocenters. The summed E-state index contributed by atoms with van der Waals surface area (Å²) >= 11 is 0. The molecule has 0 aliphatic rings. The van der Waals surface area contributed by atoms with Crippen LogP contribution in [0.3, 0.4) is 0 Å². The molecule has 0 unspecified atom stereocenters. The lowest BCUT2D eigenvalue weighted by atomic mass is 10.2. The molecule has 1 aromatic heterocycles. The van der Waals surface area contributed by atoms with Gasteiger partial charge in [-0.1, -0.05) is 19.1 Å². The third kappa shape index (κ3) is 8.50. The second kappa shape index (κ2) is 13.4. The SMILES string of the molecule is CCCOc1cccc(CN=C(NCC)NCCCn2nc(C)cc2C)c1.I. The van der Waals surface area contributed by atoms with E-state index in [0.717, 1.165) is 62.0 Å². The largest absolute Gasteiger partial charge is 0.494 e. The first-order valence-corrected chi connectivity index (χ1v) is 9.87. The van der Waals surface area contributed by atoms with Crippen molar-refractivity contribution in [2.45, 2.75) is 53.6 Å². The molecule has 0 fully saturated rings. The van der Waals surface area contributed by atoms with Gasteiger partial charge in [0.05, 0.1) is 18.8 Å². The van der Waals surface area contributed by atoms with Crippen LogP contribution in [0.25, 0.3) is 0 Å². The van der Waals surface area contributed by atoms with Crippen LogP contribution in [0.2, 0.25) is 0 Å². The van der Waals surface area contributed by atoms with E-state index in [-0.39, 0.29) is 24.0 Å². The van der Waals surface area contributed by atoms with E-state index in [0.29, 0.717) is 6.54 Å². The first kappa shape index (κ1) is 24.3. The molecule has 6 nitrogen and oxygen atoms in total. The molecule has 0 amide bonds. The zero-order chi connectivity index (χ0) is 19.5. The maximum Gasteiger partial charge on any atom is 0.191 e. The summed E-state index contributed by atoms with van der Waals surface area (Å²) in [5.41, 5.74) is 3.42. The number of halogens is 1. The summed E-state index contributed by atoms with van der Waals surface area (Å²) < 4.78 is 7.75. The van der Waals surface area contributed by atoms with Gasteiger partial charge in [0.25, 0.3) is 0 Å². The van der Waals surface area contributed by atoms with Crippen molar-refractivity contribution in [3.63, 3.8) is 0 Å². The van der Waals surface area contributed by atoms with E-state index in [9.17, 15) is 0 Å². The number of aryl methyl sites for hydroxylation is 3. The van der Waals surface area contributed by atoms with Crippen molar-refractivity contribution >= 4 is 29.9 Å². The van der Waals surface area contributed by atoms with Gasteiger partial charge >= 0.3 is 0 Å². The lowest BCUT2D eigenvalue weighted by molar-refractivity contribution is 0.317. The standard InChI is InChI=1S/C21H33N5O.HI/c1-5-13-27-20-10-7-9-19(15-20)16-24-21(22-6-2)23-11-8-12-26-18(4)14-17(3)25-26;/h7,9-10,14-15H,5-6,8,11-13,16H2,1-4H3,(H2,22,23,24);1H. The zero-order valence-electron chi connectivity index (χ0n) is 17.5. The molecule has 0 aliphatic carbocycles. The average Bonchev–Trinajstić information content (AvgIpc) is 2.99. The van der Waals surface area contributed by atoms with Crippen LogP contribution in [-0.2, 0) is 13.1 Å². The van der Waals surface area contributed by atoms with Gasteiger partial charge in [-0.05, 0) is 57.4 Å². The van der Waals surface area contributed by atoms with Crippen LogP contribution in [0, 0.1) is 13.8 Å². The van der Waals surface area contributed by atoms with Gasteiger partial charge in [-0.2, -0.15) is 5.10 Å². The predicted molar refractivity (Wildman–Crippen MR) is 127 cm³/mol. The number of hydrogen-bond donors (Lipinski definition) is 2. The number of guanidine groups is 1. The molecule has 7 heteroatoms. The molecule has 0 saturated carbocycles. The van der Waals surface area contributed by atoms with Crippen LogP contribution in [-0.4, -0.2) is 35.4 Å². The third-order valence-corrected chi connectivity index (χ3v) is 4.08. The second-order valence-corrected chi connectivity index (χ2v) is 6.62. The van der Waals surface area contributed by atoms with E-state index in [1.165, 1.54) is 5.69 Å². The molecule has 2 N–H and O–H groups in total. The quantitative estimate of drug-likeness (QED) is 0.224. The Morgan fingerprint density at radius 3 is 2.68 bits per heavy atom. The van der Waals surface area contributed by atoms with Gasteiger partial charge in [0.1, 0.15) is 5.75 Å². The highest BCUT2D eigenvalue weighted by molar-refractivity contribution is 14.0. The smallest absolute Gasteiger partial charge is 0.191 e. The number of rotatable bonds is 10. The minimum Gasteiger partial charge on any atom is -0.494 e. The van der Waals surface area contributed by atoms with Crippen LogP contribution in [0.15, 0.2) is 35.3 Å². The summed E-state index contributed by atoms with van der Waals surface area (Å²) in [4.78, 5) is 4.69. The molecule has 2 rings (SSSR count). The number of aliphatic imine (C=N–C) groups is 1. The van der Waals surface area contributed by atoms with Crippen LogP contribution >= 0.6 is 24.0 Å². The molecule has 1 aromatic carbocycles. The third-order valence-electron chi connectivity index (χ3n) is 4.08. The zero-order valence-corrected chi connectivity index (χ0v) is 19.8. The van der Waals surface area contributed by atoms with E-state index in [1.54, 1.807) is 0 Å². The summed E-state index contributed by atoms with van der Waals surface area (Å²) in [7, 11) is 0. The van der Waals surface area contributed by atoms with E-state index in [4.69, 9.17) is 4.74 Å². The number of benzene rings is 1. The number of nitrogens with zero attached hydrogens (tertiary/aromatic N) is 3. The highest BCUT2D eigenvalue weighted by Crippen LogP contribution is 2.14. The molecule has 0 aliphatic heterocycles. The van der Waals surface area contributed by atoms with E-state index in [2.05, 4.69) is 64.4 Å². The molecule has 0 radical (unpaired) electrons. The van der Waals surface area contributed by atoms with Gasteiger partial charge in [-0.25, -0.2) is 4.99 Å². The molecule has 0 saturated heterocycles. The lowest BCUT2D eigenvalue weighted by Crippen LogP contribution is -2.38. The van der Waals surface area contributed by atoms with Crippen molar-refractivity contribution in [3.05, 3.63) is 47.3 Å². The highest BCUT2D eigenvalue weighted by atomic mass is 127. The lowest BCUT2D eigenvalue weighted by Gasteiger charge is -2.12. The highest BCUT2D eigenvalue weighted by Gasteiger charge is 2.02. The maximum atomic E-state index is 5.69. The van der Waals surface area contributed by atoms with Crippen molar-refractivity contribution in [2.75, 3.05) is 19.7 Å². The van der Waals surface area contributed by atoms with Crippen LogP contribution in [0.1, 0.15) is 43.6 Å². The minimum atomic E-state index is 0. The number of nitrogens with one attached hydrogen (secondary N) is 2. The minimum absolute atomic E-state index is 0. The fourth-order valence-corrected chi connectivity index (χ4v) is 2.80. The summed E-state index contributed by atoms with van der Waals surface area (Å²) in [6, 6.07) is 10.3. The van der Waals surface area contributed by atoms with Crippen molar-refractivity contribution in [2.24, 2.45) is 4.99 Å². The molecule has 2 aromatic rings. The summed E-state index contributed by atoms with van der Waals surface area (Å²) in [5.74, 6) is 1.75. The Bertz CT molecular complexity index is 729. The van der Waals surface area contributed by atoms with Crippen LogP contribution in [0.5, 0.6) is 5.75 Å². The van der Waals surface area contributed by atoms with Crippen molar-refractivity contribution < 1.29 is 4.74 Å². The van der Waals surface area contributed by atoms with Crippen molar-refractivity contribution in [1.29, 1.82) is 0 Å². The fourth-order valence-electron chi connectivity index (χ4n) is 2.80. The van der Waals surface area contributed by atoms with Crippen LogP contribution < -0.4 is 15.4 Å². The Morgan fingerprint density at radius 2 is 2.00 bits per heavy atom. The summed E-state index contributed by atoms with van der Waals surface area (Å²) in [6.07, 6.45) is 2.00. The first-order valence-electron chi connectivity index (χ1n) is 9.87. The summed E-state index contributed by atoms with van der Waals surface area (Å²) in [6.45, 7) is 12.3. The second-order valence-electron chi connectivity index (χ2n) is 6.62. The van der Waals surface area contributed by atoms with E-state index in [1.807, 2.05) is 19.1 Å². The van der Waals surface area contributed by atoms with Crippen LogP contribution in [0.4, 0.5) is 0 Å². The molecular formula is C21H34IN5O. The fraction of sp³-hybridized carbons (Fsp3) is 0.524. The maximum absolute atomic E-state index is 5.69.